The zero-order chi connectivity index (χ0) is 13.8. The van der Waals surface area contributed by atoms with E-state index in [1.165, 1.54) is 7.05 Å². The van der Waals surface area contributed by atoms with Crippen LogP contribution in [0.4, 0.5) is 0 Å². The topological polar surface area (TPSA) is 55.4 Å². The maximum Gasteiger partial charge on any atom is 0.338 e. The maximum absolute atomic E-state index is 11.6. The molecule has 0 radical (unpaired) electrons. The fourth-order valence-electron chi connectivity index (χ4n) is 1.39. The van der Waals surface area contributed by atoms with Crippen molar-refractivity contribution in [2.24, 2.45) is 0 Å². The molecule has 0 spiro atoms. The molecular weight excluding hydrogens is 230 g/mol. The van der Waals surface area contributed by atoms with Crippen molar-refractivity contribution in [3.05, 3.63) is 35.4 Å². The van der Waals surface area contributed by atoms with E-state index >= 15 is 0 Å². The van der Waals surface area contributed by atoms with Gasteiger partial charge in [-0.25, -0.2) is 4.79 Å². The van der Waals surface area contributed by atoms with E-state index in [0.717, 1.165) is 5.56 Å². The average molecular weight is 249 g/mol. The zero-order valence-electron chi connectivity index (χ0n) is 11.2. The van der Waals surface area contributed by atoms with Crippen molar-refractivity contribution in [2.45, 2.75) is 26.2 Å². The molecule has 0 atom stereocenters. The lowest BCUT2D eigenvalue weighted by molar-refractivity contribution is -0.123. The second-order valence-electron chi connectivity index (χ2n) is 5.08. The number of esters is 1. The summed E-state index contributed by atoms with van der Waals surface area (Å²) in [5.41, 5.74) is 1.64. The summed E-state index contributed by atoms with van der Waals surface area (Å²) in [6.45, 7) is 6.06. The minimum atomic E-state index is -0.487. The Morgan fingerprint density at radius 2 is 1.72 bits per heavy atom. The third-order valence-electron chi connectivity index (χ3n) is 2.60. The summed E-state index contributed by atoms with van der Waals surface area (Å²) in [6.07, 6.45) is 0. The number of nitrogens with one attached hydrogen (secondary N) is 1. The number of carbonyl (C=O) groups is 2. The first-order chi connectivity index (χ1) is 8.34. The number of hydrogen-bond acceptors (Lipinski definition) is 3. The van der Waals surface area contributed by atoms with Crippen LogP contribution in [0.3, 0.4) is 0 Å². The predicted molar refractivity (Wildman–Crippen MR) is 69.5 cm³/mol. The molecule has 0 saturated heterocycles. The molecule has 0 aromatic heterocycles. The van der Waals surface area contributed by atoms with Gasteiger partial charge < -0.3 is 10.1 Å². The number of amides is 1. The number of rotatable bonds is 3. The van der Waals surface area contributed by atoms with Crippen LogP contribution in [-0.4, -0.2) is 25.5 Å². The summed E-state index contributed by atoms with van der Waals surface area (Å²) < 4.78 is 4.86. The van der Waals surface area contributed by atoms with E-state index in [9.17, 15) is 9.59 Å². The van der Waals surface area contributed by atoms with Crippen LogP contribution in [0, 0.1) is 0 Å². The van der Waals surface area contributed by atoms with E-state index in [2.05, 4.69) is 26.1 Å². The Labute approximate surface area is 107 Å². The Morgan fingerprint density at radius 1 is 1.17 bits per heavy atom. The van der Waals surface area contributed by atoms with Crippen LogP contribution in [0.1, 0.15) is 36.7 Å². The normalized spacial score (nSPS) is 10.9. The molecule has 4 heteroatoms. The first-order valence-electron chi connectivity index (χ1n) is 5.83. The van der Waals surface area contributed by atoms with Crippen LogP contribution >= 0.6 is 0 Å². The zero-order valence-corrected chi connectivity index (χ0v) is 11.2. The fraction of sp³-hybridized carbons (Fsp3) is 0.429. The van der Waals surface area contributed by atoms with Gasteiger partial charge in [-0.15, -0.1) is 0 Å². The van der Waals surface area contributed by atoms with Gasteiger partial charge in [0.25, 0.3) is 5.91 Å². The highest BCUT2D eigenvalue weighted by atomic mass is 16.5. The fourth-order valence-corrected chi connectivity index (χ4v) is 1.39. The highest BCUT2D eigenvalue weighted by Gasteiger charge is 2.15. The molecule has 1 amide bonds. The Hall–Kier alpha value is -1.84. The van der Waals surface area contributed by atoms with E-state index in [-0.39, 0.29) is 17.9 Å². The van der Waals surface area contributed by atoms with Crippen molar-refractivity contribution in [3.63, 3.8) is 0 Å². The Morgan fingerprint density at radius 3 is 2.17 bits per heavy atom. The molecule has 0 aliphatic heterocycles. The first kappa shape index (κ1) is 14.2. The number of likely N-dealkylation sites (N-methyl/N-ethyl adjacent to an activating group) is 1. The van der Waals surface area contributed by atoms with Gasteiger partial charge in [-0.3, -0.25) is 4.79 Å². The predicted octanol–water partition coefficient (Wildman–Crippen LogP) is 1.89. The standard InChI is InChI=1S/C14H19NO3/c1-14(2,3)11-7-5-10(6-8-11)13(17)18-9-12(16)15-4/h5-8H,9H2,1-4H3,(H,15,16). The third kappa shape index (κ3) is 3.87. The second kappa shape index (κ2) is 5.67. The average Bonchev–Trinajstić information content (AvgIpc) is 2.34. The Balaban J connectivity index is 2.68. The van der Waals surface area contributed by atoms with Crippen molar-refractivity contribution in [2.75, 3.05) is 13.7 Å². The molecule has 98 valence electrons. The van der Waals surface area contributed by atoms with E-state index in [0.29, 0.717) is 5.56 Å². The molecule has 0 bridgehead atoms. The second-order valence-corrected chi connectivity index (χ2v) is 5.08. The summed E-state index contributed by atoms with van der Waals surface area (Å²) in [7, 11) is 1.49. The Kier molecular flexibility index (Phi) is 4.48. The molecule has 0 unspecified atom stereocenters. The van der Waals surface area contributed by atoms with Gasteiger partial charge in [0.15, 0.2) is 6.61 Å². The Bertz CT molecular complexity index is 429. The van der Waals surface area contributed by atoms with Crippen molar-refractivity contribution >= 4 is 11.9 Å². The molecule has 4 nitrogen and oxygen atoms in total. The summed E-state index contributed by atoms with van der Waals surface area (Å²) in [4.78, 5) is 22.6. The SMILES string of the molecule is CNC(=O)COC(=O)c1ccc(C(C)(C)C)cc1. The number of ether oxygens (including phenoxy) is 1. The van der Waals surface area contributed by atoms with E-state index in [1.807, 2.05) is 12.1 Å². The molecule has 1 aromatic rings. The maximum atomic E-state index is 11.6. The minimum Gasteiger partial charge on any atom is -0.452 e. The molecule has 0 heterocycles. The molecular formula is C14H19NO3. The van der Waals surface area contributed by atoms with Crippen molar-refractivity contribution < 1.29 is 14.3 Å². The van der Waals surface area contributed by atoms with Crippen molar-refractivity contribution in [1.82, 2.24) is 5.32 Å². The quantitative estimate of drug-likeness (QED) is 0.832. The van der Waals surface area contributed by atoms with E-state index in [1.54, 1.807) is 12.1 Å². The van der Waals surface area contributed by atoms with Gasteiger partial charge in [-0.2, -0.15) is 0 Å². The summed E-state index contributed by atoms with van der Waals surface area (Å²) in [6, 6.07) is 7.23. The molecule has 1 N–H and O–H groups in total. The van der Waals surface area contributed by atoms with Gasteiger partial charge in [0.05, 0.1) is 5.56 Å². The van der Waals surface area contributed by atoms with Crippen LogP contribution < -0.4 is 5.32 Å². The lowest BCUT2D eigenvalue weighted by Gasteiger charge is -2.18. The lowest BCUT2D eigenvalue weighted by Crippen LogP contribution is -2.25. The van der Waals surface area contributed by atoms with Crippen LogP contribution in [0.5, 0.6) is 0 Å². The molecule has 18 heavy (non-hydrogen) atoms. The summed E-state index contributed by atoms with van der Waals surface area (Å²) >= 11 is 0. The van der Waals surface area contributed by atoms with Crippen LogP contribution in [0.15, 0.2) is 24.3 Å². The summed E-state index contributed by atoms with van der Waals surface area (Å²) in [5.74, 6) is -0.811. The van der Waals surface area contributed by atoms with Crippen molar-refractivity contribution in [3.8, 4) is 0 Å². The van der Waals surface area contributed by atoms with Crippen LogP contribution in [0.25, 0.3) is 0 Å². The number of hydrogen-bond donors (Lipinski definition) is 1. The van der Waals surface area contributed by atoms with Crippen LogP contribution in [-0.2, 0) is 14.9 Å². The van der Waals surface area contributed by atoms with Gasteiger partial charge >= 0.3 is 5.97 Å². The largest absolute Gasteiger partial charge is 0.452 e. The van der Waals surface area contributed by atoms with Gasteiger partial charge in [0.1, 0.15) is 0 Å². The molecule has 0 aliphatic rings. The molecule has 0 fully saturated rings. The highest BCUT2D eigenvalue weighted by molar-refractivity contribution is 5.91. The van der Waals surface area contributed by atoms with Crippen molar-refractivity contribution in [1.29, 1.82) is 0 Å². The molecule has 1 rings (SSSR count). The number of benzene rings is 1. The van der Waals surface area contributed by atoms with Gasteiger partial charge in [0, 0.05) is 7.05 Å². The van der Waals surface area contributed by atoms with Gasteiger partial charge in [0.2, 0.25) is 0 Å². The van der Waals surface area contributed by atoms with Crippen LogP contribution in [0.2, 0.25) is 0 Å². The van der Waals surface area contributed by atoms with E-state index < -0.39 is 5.97 Å². The van der Waals surface area contributed by atoms with Gasteiger partial charge in [-0.05, 0) is 23.1 Å². The van der Waals surface area contributed by atoms with E-state index in [4.69, 9.17) is 4.74 Å². The monoisotopic (exact) mass is 249 g/mol. The third-order valence-corrected chi connectivity index (χ3v) is 2.60. The first-order valence-corrected chi connectivity index (χ1v) is 5.83. The highest BCUT2D eigenvalue weighted by Crippen LogP contribution is 2.22. The smallest absolute Gasteiger partial charge is 0.338 e. The molecule has 0 aliphatic carbocycles. The van der Waals surface area contributed by atoms with Gasteiger partial charge in [-0.1, -0.05) is 32.9 Å². The number of carbonyl (C=O) groups excluding carboxylic acids is 2. The summed E-state index contributed by atoms with van der Waals surface area (Å²) in [5, 5.41) is 2.38. The molecule has 0 saturated carbocycles. The lowest BCUT2D eigenvalue weighted by atomic mass is 9.87. The minimum absolute atomic E-state index is 0.0462. The molecule has 1 aromatic carbocycles.